The number of aromatic nitrogens is 2. The standard InChI is InChI=1S/C3HF3N2O/c4-3(5,6)2-7-1-9-8-2/h1H. The Kier molecular flexibility index (Phi) is 1.15. The first-order valence-corrected chi connectivity index (χ1v) is 1.94. The van der Waals surface area contributed by atoms with Crippen LogP contribution in [0.5, 0.6) is 0 Å². The van der Waals surface area contributed by atoms with Gasteiger partial charge in [-0.25, -0.2) is 0 Å². The fourth-order valence-electron chi connectivity index (χ4n) is 0.296. The second kappa shape index (κ2) is 1.71. The molecule has 0 amide bonds. The largest absolute Gasteiger partial charge is 0.455 e. The van der Waals surface area contributed by atoms with Gasteiger partial charge in [-0.05, 0) is 0 Å². The minimum absolute atomic E-state index is 0.628. The zero-order valence-corrected chi connectivity index (χ0v) is 4.01. The number of halogens is 3. The minimum Gasteiger partial charge on any atom is -0.342 e. The summed E-state index contributed by atoms with van der Waals surface area (Å²) in [6, 6.07) is 0. The van der Waals surface area contributed by atoms with Gasteiger partial charge in [0.2, 0.25) is 6.39 Å². The molecule has 3 nitrogen and oxygen atoms in total. The zero-order valence-electron chi connectivity index (χ0n) is 4.01. The van der Waals surface area contributed by atoms with Crippen LogP contribution in [0.1, 0.15) is 5.82 Å². The molecule has 0 bridgehead atoms. The van der Waals surface area contributed by atoms with E-state index in [9.17, 15) is 13.2 Å². The predicted octanol–water partition coefficient (Wildman–Crippen LogP) is 1.09. The number of rotatable bonds is 0. The first-order chi connectivity index (χ1) is 4.11. The lowest BCUT2D eigenvalue weighted by Crippen LogP contribution is -2.06. The Morgan fingerprint density at radius 2 is 2.11 bits per heavy atom. The van der Waals surface area contributed by atoms with Crippen LogP contribution >= 0.6 is 0 Å². The van der Waals surface area contributed by atoms with Crippen molar-refractivity contribution in [1.82, 2.24) is 10.1 Å². The molecule has 1 heterocycles. The summed E-state index contributed by atoms with van der Waals surface area (Å²) in [4.78, 5) is 2.78. The van der Waals surface area contributed by atoms with Crippen LogP contribution in [0.15, 0.2) is 10.9 Å². The van der Waals surface area contributed by atoms with Crippen molar-refractivity contribution in [3.05, 3.63) is 12.2 Å². The Morgan fingerprint density at radius 3 is 2.33 bits per heavy atom. The van der Waals surface area contributed by atoms with E-state index in [1.165, 1.54) is 0 Å². The highest BCUT2D eigenvalue weighted by Gasteiger charge is 2.35. The normalized spacial score (nSPS) is 11.9. The zero-order chi connectivity index (χ0) is 6.91. The Morgan fingerprint density at radius 1 is 1.44 bits per heavy atom. The Hall–Kier alpha value is -1.07. The monoisotopic (exact) mass is 138 g/mol. The highest BCUT2D eigenvalue weighted by Crippen LogP contribution is 2.24. The molecule has 0 aliphatic carbocycles. The van der Waals surface area contributed by atoms with E-state index in [-0.39, 0.29) is 0 Å². The quantitative estimate of drug-likeness (QED) is 0.538. The van der Waals surface area contributed by atoms with Crippen molar-refractivity contribution in [2.24, 2.45) is 0 Å². The molecular formula is C3HF3N2O. The Labute approximate surface area is 47.5 Å². The summed E-state index contributed by atoms with van der Waals surface area (Å²) in [7, 11) is 0. The molecule has 0 aliphatic heterocycles. The van der Waals surface area contributed by atoms with Gasteiger partial charge in [0.15, 0.2) is 0 Å². The summed E-state index contributed by atoms with van der Waals surface area (Å²) in [5.74, 6) is -1.25. The second-order valence-corrected chi connectivity index (χ2v) is 1.25. The van der Waals surface area contributed by atoms with E-state index in [1.54, 1.807) is 0 Å². The molecule has 1 rings (SSSR count). The third-order valence-electron chi connectivity index (χ3n) is 0.615. The van der Waals surface area contributed by atoms with Gasteiger partial charge in [0.1, 0.15) is 0 Å². The van der Waals surface area contributed by atoms with Crippen molar-refractivity contribution in [3.8, 4) is 0 Å². The Bertz CT molecular complexity index is 179. The van der Waals surface area contributed by atoms with E-state index in [1.807, 2.05) is 0 Å². The summed E-state index contributed by atoms with van der Waals surface area (Å²) in [5, 5.41) is 2.58. The number of hydrogen-bond donors (Lipinski definition) is 0. The molecule has 1 aromatic heterocycles. The third kappa shape index (κ3) is 1.18. The van der Waals surface area contributed by atoms with E-state index in [0.717, 1.165) is 0 Å². The maximum Gasteiger partial charge on any atom is 0.455 e. The average molecular weight is 138 g/mol. The number of hydrogen-bond acceptors (Lipinski definition) is 3. The number of alkyl halides is 3. The topological polar surface area (TPSA) is 38.9 Å². The van der Waals surface area contributed by atoms with Crippen molar-refractivity contribution in [2.75, 3.05) is 0 Å². The highest BCUT2D eigenvalue weighted by atomic mass is 19.4. The lowest BCUT2D eigenvalue weighted by Gasteiger charge is -1.95. The minimum atomic E-state index is -4.49. The van der Waals surface area contributed by atoms with Crippen LogP contribution in [-0.2, 0) is 6.18 Å². The van der Waals surface area contributed by atoms with Crippen molar-refractivity contribution >= 4 is 0 Å². The molecule has 0 aromatic carbocycles. The van der Waals surface area contributed by atoms with Crippen LogP contribution < -0.4 is 0 Å². The molecule has 50 valence electrons. The summed E-state index contributed by atoms with van der Waals surface area (Å²) < 4.78 is 38.2. The van der Waals surface area contributed by atoms with E-state index < -0.39 is 12.0 Å². The average Bonchev–Trinajstić information content (AvgIpc) is 2.08. The summed E-state index contributed by atoms with van der Waals surface area (Å²) in [5.41, 5.74) is 0. The molecule has 0 radical (unpaired) electrons. The van der Waals surface area contributed by atoms with Crippen molar-refractivity contribution in [1.29, 1.82) is 0 Å². The molecule has 6 heteroatoms. The number of nitrogens with zero attached hydrogens (tertiary/aromatic N) is 2. The van der Waals surface area contributed by atoms with Gasteiger partial charge in [0, 0.05) is 0 Å². The molecule has 0 unspecified atom stereocenters. The first-order valence-electron chi connectivity index (χ1n) is 1.94. The van der Waals surface area contributed by atoms with E-state index in [4.69, 9.17) is 0 Å². The summed E-state index contributed by atoms with van der Waals surface area (Å²) >= 11 is 0. The first kappa shape index (κ1) is 6.06. The van der Waals surface area contributed by atoms with Crippen LogP contribution in [-0.4, -0.2) is 10.1 Å². The maximum absolute atomic E-state index is 11.4. The van der Waals surface area contributed by atoms with Crippen LogP contribution in [0.3, 0.4) is 0 Å². The smallest absolute Gasteiger partial charge is 0.342 e. The lowest BCUT2D eigenvalue weighted by molar-refractivity contribution is -0.146. The van der Waals surface area contributed by atoms with Gasteiger partial charge in [-0.1, -0.05) is 5.16 Å². The molecule has 0 aliphatic rings. The molecule has 0 N–H and O–H groups in total. The fraction of sp³-hybridized carbons (Fsp3) is 0.333. The van der Waals surface area contributed by atoms with E-state index >= 15 is 0 Å². The van der Waals surface area contributed by atoms with Crippen molar-refractivity contribution < 1.29 is 17.7 Å². The second-order valence-electron chi connectivity index (χ2n) is 1.25. The van der Waals surface area contributed by atoms with E-state index in [2.05, 4.69) is 14.7 Å². The van der Waals surface area contributed by atoms with Gasteiger partial charge in [0.25, 0.3) is 5.82 Å². The highest BCUT2D eigenvalue weighted by molar-refractivity contribution is 4.83. The van der Waals surface area contributed by atoms with Crippen LogP contribution in [0.25, 0.3) is 0 Å². The molecule has 9 heavy (non-hydrogen) atoms. The van der Waals surface area contributed by atoms with Gasteiger partial charge >= 0.3 is 6.18 Å². The molecule has 0 saturated heterocycles. The SMILES string of the molecule is FC(F)(F)c1ncon1. The molecule has 1 aromatic rings. The Balaban J connectivity index is 2.90. The molecule has 0 spiro atoms. The van der Waals surface area contributed by atoms with Gasteiger partial charge in [-0.2, -0.15) is 18.2 Å². The van der Waals surface area contributed by atoms with Gasteiger partial charge < -0.3 is 4.52 Å². The summed E-state index contributed by atoms with van der Waals surface area (Å²) in [6.45, 7) is 0. The maximum atomic E-state index is 11.4. The van der Waals surface area contributed by atoms with Gasteiger partial charge in [-0.15, -0.1) is 0 Å². The summed E-state index contributed by atoms with van der Waals surface area (Å²) in [6.07, 6.45) is -3.87. The third-order valence-corrected chi connectivity index (χ3v) is 0.615. The van der Waals surface area contributed by atoms with E-state index in [0.29, 0.717) is 6.39 Å². The molecule has 0 atom stereocenters. The van der Waals surface area contributed by atoms with Crippen LogP contribution in [0.4, 0.5) is 13.2 Å². The van der Waals surface area contributed by atoms with Crippen molar-refractivity contribution in [2.45, 2.75) is 6.18 Å². The lowest BCUT2D eigenvalue weighted by atomic mass is 10.6. The van der Waals surface area contributed by atoms with Crippen LogP contribution in [0.2, 0.25) is 0 Å². The molecular weight excluding hydrogens is 137 g/mol. The van der Waals surface area contributed by atoms with Crippen molar-refractivity contribution in [3.63, 3.8) is 0 Å². The molecule has 0 saturated carbocycles. The van der Waals surface area contributed by atoms with Gasteiger partial charge in [0.05, 0.1) is 0 Å². The predicted molar refractivity (Wildman–Crippen MR) is 19.3 cm³/mol. The van der Waals surface area contributed by atoms with Gasteiger partial charge in [-0.3, -0.25) is 0 Å². The molecule has 0 fully saturated rings. The van der Waals surface area contributed by atoms with Crippen LogP contribution in [0, 0.1) is 0 Å². The fourth-order valence-corrected chi connectivity index (χ4v) is 0.296.